The maximum atomic E-state index is 11.5. The third kappa shape index (κ3) is 11.9. The summed E-state index contributed by atoms with van der Waals surface area (Å²) in [6, 6.07) is 0. The highest BCUT2D eigenvalue weighted by Crippen LogP contribution is 2.11. The average molecular weight is 241 g/mol. The number of Topliss-reactive ketones (excluding diaryl/α,β-unsaturated/α-hetero) is 1. The van der Waals surface area contributed by atoms with E-state index >= 15 is 0 Å². The molecule has 17 heavy (non-hydrogen) atoms. The summed E-state index contributed by atoms with van der Waals surface area (Å²) in [7, 11) is 0. The van der Waals surface area contributed by atoms with Crippen molar-refractivity contribution in [1.82, 2.24) is 0 Å². The molecule has 1 atom stereocenters. The van der Waals surface area contributed by atoms with Crippen molar-refractivity contribution < 1.29 is 4.79 Å². The first kappa shape index (κ1) is 16.6. The van der Waals surface area contributed by atoms with Crippen LogP contribution >= 0.6 is 0 Å². The molecule has 0 aromatic heterocycles. The Balaban J connectivity index is 3.19. The van der Waals surface area contributed by atoms with E-state index < -0.39 is 0 Å². The third-order valence-corrected chi connectivity index (χ3v) is 3.29. The summed E-state index contributed by atoms with van der Waals surface area (Å²) in [5.74, 6) is 0.755. The van der Waals surface area contributed by atoms with Gasteiger partial charge in [0.2, 0.25) is 0 Å². The largest absolute Gasteiger partial charge is 0.330 e. The minimum Gasteiger partial charge on any atom is -0.330 e. The Morgan fingerprint density at radius 1 is 1.00 bits per heavy atom. The van der Waals surface area contributed by atoms with Crippen LogP contribution in [0.3, 0.4) is 0 Å². The molecule has 102 valence electrons. The fourth-order valence-electron chi connectivity index (χ4n) is 2.03. The molecule has 2 heteroatoms. The molecule has 0 radical (unpaired) electrons. The van der Waals surface area contributed by atoms with Gasteiger partial charge in [0.25, 0.3) is 0 Å². The zero-order valence-electron chi connectivity index (χ0n) is 11.8. The lowest BCUT2D eigenvalue weighted by Crippen LogP contribution is -2.14. The lowest BCUT2D eigenvalue weighted by atomic mass is 10.0. The summed E-state index contributed by atoms with van der Waals surface area (Å²) < 4.78 is 0. The standard InChI is InChI=1S/C15H31NO/c1-3-4-5-6-7-8-9-10-11-15(17)12-14(2)13-16/h14H,3-13,16H2,1-2H3. The van der Waals surface area contributed by atoms with Crippen LogP contribution in [-0.4, -0.2) is 12.3 Å². The van der Waals surface area contributed by atoms with Crippen molar-refractivity contribution in [2.24, 2.45) is 11.7 Å². The lowest BCUT2D eigenvalue weighted by molar-refractivity contribution is -0.119. The number of carbonyl (C=O) groups is 1. The second-order valence-corrected chi connectivity index (χ2v) is 5.31. The highest BCUT2D eigenvalue weighted by molar-refractivity contribution is 5.78. The fourth-order valence-corrected chi connectivity index (χ4v) is 2.03. The Hall–Kier alpha value is -0.370. The SMILES string of the molecule is CCCCCCCCCCC(=O)CC(C)CN. The first-order valence-electron chi connectivity index (χ1n) is 7.42. The van der Waals surface area contributed by atoms with Crippen LogP contribution in [0.15, 0.2) is 0 Å². The van der Waals surface area contributed by atoms with E-state index in [4.69, 9.17) is 5.73 Å². The van der Waals surface area contributed by atoms with Crippen LogP contribution in [0.25, 0.3) is 0 Å². The quantitative estimate of drug-likeness (QED) is 0.523. The topological polar surface area (TPSA) is 43.1 Å². The molecule has 0 saturated heterocycles. The van der Waals surface area contributed by atoms with E-state index in [1.165, 1.54) is 44.9 Å². The first-order valence-corrected chi connectivity index (χ1v) is 7.42. The van der Waals surface area contributed by atoms with Crippen molar-refractivity contribution in [2.45, 2.75) is 78.1 Å². The first-order chi connectivity index (χ1) is 8.20. The van der Waals surface area contributed by atoms with Gasteiger partial charge in [-0.05, 0) is 18.9 Å². The van der Waals surface area contributed by atoms with Crippen LogP contribution in [-0.2, 0) is 4.79 Å². The zero-order valence-corrected chi connectivity index (χ0v) is 11.8. The molecule has 2 N–H and O–H groups in total. The summed E-state index contributed by atoms with van der Waals surface area (Å²) in [6.07, 6.45) is 11.8. The molecular weight excluding hydrogens is 210 g/mol. The molecule has 0 heterocycles. The van der Waals surface area contributed by atoms with Gasteiger partial charge in [-0.3, -0.25) is 4.79 Å². The van der Waals surface area contributed by atoms with Crippen LogP contribution < -0.4 is 5.73 Å². The van der Waals surface area contributed by atoms with Crippen molar-refractivity contribution in [1.29, 1.82) is 0 Å². The smallest absolute Gasteiger partial charge is 0.133 e. The number of unbranched alkanes of at least 4 members (excludes halogenated alkanes) is 7. The minimum atomic E-state index is 0.358. The fraction of sp³-hybridized carbons (Fsp3) is 0.933. The van der Waals surface area contributed by atoms with E-state index in [1.54, 1.807) is 0 Å². The van der Waals surface area contributed by atoms with E-state index in [0.29, 0.717) is 24.7 Å². The number of hydrogen-bond donors (Lipinski definition) is 1. The molecule has 0 aromatic rings. The molecule has 0 spiro atoms. The Bertz CT molecular complexity index is 180. The lowest BCUT2D eigenvalue weighted by Gasteiger charge is -2.06. The normalized spacial score (nSPS) is 12.6. The van der Waals surface area contributed by atoms with Gasteiger partial charge in [-0.1, -0.05) is 58.8 Å². The monoisotopic (exact) mass is 241 g/mol. The molecular formula is C15H31NO. The van der Waals surface area contributed by atoms with Gasteiger partial charge in [-0.15, -0.1) is 0 Å². The van der Waals surface area contributed by atoms with Crippen molar-refractivity contribution in [3.8, 4) is 0 Å². The number of ketones is 1. The molecule has 1 unspecified atom stereocenters. The second-order valence-electron chi connectivity index (χ2n) is 5.31. The van der Waals surface area contributed by atoms with Crippen LogP contribution in [0, 0.1) is 5.92 Å². The Morgan fingerprint density at radius 2 is 1.53 bits per heavy atom. The maximum absolute atomic E-state index is 11.5. The van der Waals surface area contributed by atoms with E-state index in [9.17, 15) is 4.79 Å². The highest BCUT2D eigenvalue weighted by atomic mass is 16.1. The zero-order chi connectivity index (χ0) is 12.9. The predicted molar refractivity (Wildman–Crippen MR) is 75.1 cm³/mol. The van der Waals surface area contributed by atoms with Gasteiger partial charge in [-0.2, -0.15) is 0 Å². The maximum Gasteiger partial charge on any atom is 0.133 e. The van der Waals surface area contributed by atoms with Gasteiger partial charge in [0, 0.05) is 12.8 Å². The van der Waals surface area contributed by atoms with Gasteiger partial charge >= 0.3 is 0 Å². The Morgan fingerprint density at radius 3 is 2.06 bits per heavy atom. The van der Waals surface area contributed by atoms with Crippen molar-refractivity contribution in [3.05, 3.63) is 0 Å². The summed E-state index contributed by atoms with van der Waals surface area (Å²) in [4.78, 5) is 11.5. The van der Waals surface area contributed by atoms with Crippen molar-refractivity contribution in [3.63, 3.8) is 0 Å². The predicted octanol–water partition coefficient (Wildman–Crippen LogP) is 4.07. The molecule has 0 aliphatic rings. The van der Waals surface area contributed by atoms with Gasteiger partial charge in [-0.25, -0.2) is 0 Å². The minimum absolute atomic E-state index is 0.358. The van der Waals surface area contributed by atoms with E-state index in [-0.39, 0.29) is 0 Å². The summed E-state index contributed by atoms with van der Waals surface area (Å²) in [6.45, 7) is 4.92. The van der Waals surface area contributed by atoms with Crippen LogP contribution in [0.2, 0.25) is 0 Å². The molecule has 0 aliphatic carbocycles. The third-order valence-electron chi connectivity index (χ3n) is 3.29. The summed E-state index contributed by atoms with van der Waals surface area (Å²) >= 11 is 0. The number of hydrogen-bond acceptors (Lipinski definition) is 2. The highest BCUT2D eigenvalue weighted by Gasteiger charge is 2.06. The van der Waals surface area contributed by atoms with Gasteiger partial charge < -0.3 is 5.73 Å². The summed E-state index contributed by atoms with van der Waals surface area (Å²) in [5, 5.41) is 0. The molecule has 0 bridgehead atoms. The van der Waals surface area contributed by atoms with Crippen molar-refractivity contribution >= 4 is 5.78 Å². The van der Waals surface area contributed by atoms with Gasteiger partial charge in [0.15, 0.2) is 0 Å². The van der Waals surface area contributed by atoms with E-state index in [1.807, 2.05) is 6.92 Å². The molecule has 0 aromatic carbocycles. The Kier molecular flexibility index (Phi) is 11.8. The molecule has 0 fully saturated rings. The number of carbonyl (C=O) groups excluding carboxylic acids is 1. The van der Waals surface area contributed by atoms with Crippen LogP contribution in [0.1, 0.15) is 78.1 Å². The summed E-state index contributed by atoms with van der Waals surface area (Å²) in [5.41, 5.74) is 5.50. The van der Waals surface area contributed by atoms with Crippen molar-refractivity contribution in [2.75, 3.05) is 6.54 Å². The van der Waals surface area contributed by atoms with Crippen LogP contribution in [0.4, 0.5) is 0 Å². The molecule has 0 amide bonds. The van der Waals surface area contributed by atoms with Gasteiger partial charge in [0.05, 0.1) is 0 Å². The number of rotatable bonds is 12. The van der Waals surface area contributed by atoms with E-state index in [2.05, 4.69) is 6.92 Å². The van der Waals surface area contributed by atoms with E-state index in [0.717, 1.165) is 12.8 Å². The second kappa shape index (κ2) is 12.1. The number of nitrogens with two attached hydrogens (primary N) is 1. The molecule has 0 rings (SSSR count). The Labute approximate surface area is 107 Å². The van der Waals surface area contributed by atoms with Crippen LogP contribution in [0.5, 0.6) is 0 Å². The molecule has 0 aliphatic heterocycles. The molecule has 0 saturated carbocycles. The molecule has 2 nitrogen and oxygen atoms in total. The average Bonchev–Trinajstić information content (AvgIpc) is 2.32. The van der Waals surface area contributed by atoms with Gasteiger partial charge in [0.1, 0.15) is 5.78 Å².